The van der Waals surface area contributed by atoms with E-state index in [0.717, 1.165) is 6.08 Å². The molecule has 1 aromatic carbocycles. The number of hydrogen-bond acceptors (Lipinski definition) is 6. The highest BCUT2D eigenvalue weighted by atomic mass is 32.2. The first-order valence-electron chi connectivity index (χ1n) is 4.63. The number of aromatic hydroxyl groups is 1. The number of methoxy groups -OCH3 is 1. The molecule has 7 nitrogen and oxygen atoms in total. The molecule has 0 saturated heterocycles. The zero-order valence-corrected chi connectivity index (χ0v) is 10.2. The maximum absolute atomic E-state index is 10.9. The molecular formula is C10H11NO6S. The third-order valence-corrected chi connectivity index (χ3v) is 2.24. The maximum atomic E-state index is 10.9. The van der Waals surface area contributed by atoms with Gasteiger partial charge in [0.05, 0.1) is 7.11 Å². The first kappa shape index (κ1) is 14.0. The lowest BCUT2D eigenvalue weighted by molar-refractivity contribution is -0.134. The minimum atomic E-state index is -4.14. The summed E-state index contributed by atoms with van der Waals surface area (Å²) in [5.41, 5.74) is 0.182. The Morgan fingerprint density at radius 1 is 1.44 bits per heavy atom. The summed E-state index contributed by atoms with van der Waals surface area (Å²) in [6, 6.07) is 3.63. The number of carbonyl (C=O) groups excluding carboxylic acids is 1. The van der Waals surface area contributed by atoms with Gasteiger partial charge in [-0.1, -0.05) is 0 Å². The first-order valence-corrected chi connectivity index (χ1v) is 6.10. The number of benzene rings is 1. The Morgan fingerprint density at radius 3 is 2.67 bits per heavy atom. The van der Waals surface area contributed by atoms with Gasteiger partial charge in [-0.2, -0.15) is 13.6 Å². The second-order valence-corrected chi connectivity index (χ2v) is 4.31. The van der Waals surface area contributed by atoms with Crippen molar-refractivity contribution in [2.75, 3.05) is 7.11 Å². The summed E-state index contributed by atoms with van der Waals surface area (Å²) < 4.78 is 30.2. The topological polar surface area (TPSA) is 116 Å². The number of esters is 1. The molecule has 0 radical (unpaired) electrons. The third kappa shape index (κ3) is 4.44. The zero-order valence-electron chi connectivity index (χ0n) is 9.36. The largest absolute Gasteiger partial charge is 0.507 e. The van der Waals surface area contributed by atoms with E-state index in [9.17, 15) is 18.3 Å². The summed E-state index contributed by atoms with van der Waals surface area (Å²) in [4.78, 5) is 10.9. The van der Waals surface area contributed by atoms with Crippen molar-refractivity contribution in [1.29, 1.82) is 0 Å². The fourth-order valence-electron chi connectivity index (χ4n) is 1.08. The maximum Gasteiger partial charge on any atom is 0.380 e. The molecule has 8 heteroatoms. The van der Waals surface area contributed by atoms with E-state index in [1.807, 2.05) is 0 Å². The molecule has 0 fully saturated rings. The SMILES string of the molecule is COC(=O)/C=C/c1cc(OS(N)(=O)=O)ccc1O. The Balaban J connectivity index is 3.02. The van der Waals surface area contributed by atoms with Crippen LogP contribution < -0.4 is 9.32 Å². The monoisotopic (exact) mass is 273 g/mol. The van der Waals surface area contributed by atoms with Crippen molar-refractivity contribution in [1.82, 2.24) is 0 Å². The molecule has 0 saturated carbocycles. The van der Waals surface area contributed by atoms with Gasteiger partial charge in [-0.05, 0) is 24.3 Å². The number of carbonyl (C=O) groups is 1. The van der Waals surface area contributed by atoms with Gasteiger partial charge in [-0.25, -0.2) is 4.79 Å². The van der Waals surface area contributed by atoms with Crippen LogP contribution in [-0.4, -0.2) is 26.6 Å². The molecule has 1 aromatic rings. The highest BCUT2D eigenvalue weighted by Gasteiger charge is 2.07. The number of phenols is 1. The smallest absolute Gasteiger partial charge is 0.380 e. The zero-order chi connectivity index (χ0) is 13.8. The first-order chi connectivity index (χ1) is 8.31. The van der Waals surface area contributed by atoms with Gasteiger partial charge in [0, 0.05) is 11.6 Å². The summed E-state index contributed by atoms with van der Waals surface area (Å²) in [5.74, 6) is -0.857. The highest BCUT2D eigenvalue weighted by molar-refractivity contribution is 7.84. The van der Waals surface area contributed by atoms with Crippen LogP contribution in [0, 0.1) is 0 Å². The lowest BCUT2D eigenvalue weighted by atomic mass is 10.2. The lowest BCUT2D eigenvalue weighted by Gasteiger charge is -2.04. The Labute approximate surface area is 104 Å². The lowest BCUT2D eigenvalue weighted by Crippen LogP contribution is -2.18. The van der Waals surface area contributed by atoms with Crippen molar-refractivity contribution in [3.05, 3.63) is 29.8 Å². The van der Waals surface area contributed by atoms with Gasteiger partial charge in [-0.15, -0.1) is 0 Å². The van der Waals surface area contributed by atoms with Crippen LogP contribution in [0.2, 0.25) is 0 Å². The van der Waals surface area contributed by atoms with E-state index in [-0.39, 0.29) is 17.1 Å². The van der Waals surface area contributed by atoms with E-state index >= 15 is 0 Å². The van der Waals surface area contributed by atoms with Crippen LogP contribution >= 0.6 is 0 Å². The fraction of sp³-hybridized carbons (Fsp3) is 0.100. The van der Waals surface area contributed by atoms with Gasteiger partial charge in [0.15, 0.2) is 0 Å². The second-order valence-electron chi connectivity index (χ2n) is 3.15. The van der Waals surface area contributed by atoms with E-state index in [1.165, 1.54) is 31.4 Å². The predicted molar refractivity (Wildman–Crippen MR) is 62.9 cm³/mol. The van der Waals surface area contributed by atoms with Crippen molar-refractivity contribution < 1.29 is 27.2 Å². The average Bonchev–Trinajstić information content (AvgIpc) is 2.27. The van der Waals surface area contributed by atoms with Gasteiger partial charge >= 0.3 is 16.3 Å². The van der Waals surface area contributed by atoms with Gasteiger partial charge in [0.1, 0.15) is 11.5 Å². The molecule has 0 spiro atoms. The molecule has 0 aliphatic rings. The van der Waals surface area contributed by atoms with Gasteiger partial charge in [0.2, 0.25) is 0 Å². The highest BCUT2D eigenvalue weighted by Crippen LogP contribution is 2.24. The van der Waals surface area contributed by atoms with Gasteiger partial charge in [0.25, 0.3) is 0 Å². The van der Waals surface area contributed by atoms with E-state index in [1.54, 1.807) is 0 Å². The molecule has 18 heavy (non-hydrogen) atoms. The van der Waals surface area contributed by atoms with Crippen molar-refractivity contribution in [2.45, 2.75) is 0 Å². The minimum Gasteiger partial charge on any atom is -0.507 e. The molecule has 98 valence electrons. The van der Waals surface area contributed by atoms with Crippen LogP contribution in [-0.2, 0) is 19.8 Å². The van der Waals surface area contributed by atoms with E-state index in [2.05, 4.69) is 8.92 Å². The quantitative estimate of drug-likeness (QED) is 0.596. The number of ether oxygens (including phenoxy) is 1. The van der Waals surface area contributed by atoms with Gasteiger partial charge < -0.3 is 14.0 Å². The van der Waals surface area contributed by atoms with Crippen molar-refractivity contribution in [2.24, 2.45) is 5.14 Å². The molecular weight excluding hydrogens is 262 g/mol. The molecule has 0 aliphatic carbocycles. The Hall–Kier alpha value is -2.06. The molecule has 0 heterocycles. The third-order valence-electron chi connectivity index (χ3n) is 1.81. The van der Waals surface area contributed by atoms with Crippen LogP contribution in [0.25, 0.3) is 6.08 Å². The normalized spacial score (nSPS) is 11.4. The van der Waals surface area contributed by atoms with Gasteiger partial charge in [-0.3, -0.25) is 0 Å². The standard InChI is InChI=1S/C10H11NO6S/c1-16-10(13)5-2-7-6-8(3-4-9(7)12)17-18(11,14)15/h2-6,12H,1H3,(H2,11,14,15)/b5-2+. The number of phenolic OH excluding ortho intramolecular Hbond substituents is 1. The summed E-state index contributed by atoms with van der Waals surface area (Å²) in [6.45, 7) is 0. The molecule has 0 amide bonds. The van der Waals surface area contributed by atoms with Crippen molar-refractivity contribution in [3.63, 3.8) is 0 Å². The minimum absolute atomic E-state index is 0.0835. The Bertz CT molecular complexity index is 578. The Kier molecular flexibility index (Phi) is 4.29. The van der Waals surface area contributed by atoms with E-state index < -0.39 is 16.3 Å². The molecule has 0 aromatic heterocycles. The summed E-state index contributed by atoms with van der Waals surface area (Å²) >= 11 is 0. The van der Waals surface area contributed by atoms with Crippen LogP contribution in [0.15, 0.2) is 24.3 Å². The summed E-state index contributed by atoms with van der Waals surface area (Å²) in [7, 11) is -2.94. The average molecular weight is 273 g/mol. The van der Waals surface area contributed by atoms with Crippen LogP contribution in [0.5, 0.6) is 11.5 Å². The molecule has 1 rings (SSSR count). The van der Waals surface area contributed by atoms with E-state index in [4.69, 9.17) is 5.14 Å². The molecule has 0 aliphatic heterocycles. The van der Waals surface area contributed by atoms with Crippen LogP contribution in [0.4, 0.5) is 0 Å². The Morgan fingerprint density at radius 2 is 2.11 bits per heavy atom. The second kappa shape index (κ2) is 5.52. The summed E-state index contributed by atoms with van der Waals surface area (Å²) in [6.07, 6.45) is 2.31. The molecule has 3 N–H and O–H groups in total. The number of rotatable bonds is 4. The summed E-state index contributed by atoms with van der Waals surface area (Å²) in [5, 5.41) is 14.2. The van der Waals surface area contributed by atoms with Crippen molar-refractivity contribution in [3.8, 4) is 11.5 Å². The molecule has 0 bridgehead atoms. The fourth-order valence-corrected chi connectivity index (χ4v) is 1.45. The van der Waals surface area contributed by atoms with Crippen LogP contribution in [0.3, 0.4) is 0 Å². The number of hydrogen-bond donors (Lipinski definition) is 2. The predicted octanol–water partition coefficient (Wildman–Crippen LogP) is 0.161. The number of nitrogens with two attached hydrogens (primary N) is 1. The van der Waals surface area contributed by atoms with Crippen LogP contribution in [0.1, 0.15) is 5.56 Å². The molecule has 0 unspecified atom stereocenters. The molecule has 0 atom stereocenters. The van der Waals surface area contributed by atoms with Crippen molar-refractivity contribution >= 4 is 22.3 Å². The van der Waals surface area contributed by atoms with E-state index in [0.29, 0.717) is 0 Å².